The Kier molecular flexibility index (Phi) is 6.21. The summed E-state index contributed by atoms with van der Waals surface area (Å²) in [6, 6.07) is 5.08. The minimum atomic E-state index is -4.91. The molecule has 0 saturated heterocycles. The van der Waals surface area contributed by atoms with Crippen LogP contribution in [0.15, 0.2) is 30.5 Å². The third-order valence-electron chi connectivity index (χ3n) is 3.77. The summed E-state index contributed by atoms with van der Waals surface area (Å²) in [4.78, 5) is 23.2. The highest BCUT2D eigenvalue weighted by molar-refractivity contribution is 5.94. The average molecular weight is 385 g/mol. The Hall–Kier alpha value is -2.88. The van der Waals surface area contributed by atoms with Gasteiger partial charge < -0.3 is 15.2 Å². The first-order chi connectivity index (χ1) is 12.6. The Bertz CT molecular complexity index is 816. The van der Waals surface area contributed by atoms with Gasteiger partial charge >= 0.3 is 12.1 Å². The van der Waals surface area contributed by atoms with Crippen molar-refractivity contribution in [3.05, 3.63) is 47.3 Å². The number of carbonyl (C=O) groups excluding carboxylic acids is 1. The third kappa shape index (κ3) is 4.85. The zero-order chi connectivity index (χ0) is 20.2. The Morgan fingerprint density at radius 1 is 1.30 bits per heavy atom. The zero-order valence-corrected chi connectivity index (χ0v) is 14.6. The number of nitrogens with one attached hydrogen (secondary N) is 1. The monoisotopic (exact) mass is 385 g/mol. The van der Waals surface area contributed by atoms with Gasteiger partial charge in [0.2, 0.25) is 0 Å². The van der Waals surface area contributed by atoms with Crippen molar-refractivity contribution in [2.24, 2.45) is 0 Å². The predicted molar refractivity (Wildman–Crippen MR) is 88.9 cm³/mol. The highest BCUT2D eigenvalue weighted by atomic mass is 19.4. The van der Waals surface area contributed by atoms with E-state index >= 15 is 0 Å². The Labute approximate surface area is 152 Å². The van der Waals surface area contributed by atoms with E-state index in [2.05, 4.69) is 10.4 Å². The summed E-state index contributed by atoms with van der Waals surface area (Å²) < 4.78 is 45.1. The smallest absolute Gasteiger partial charge is 0.434 e. The van der Waals surface area contributed by atoms with Crippen LogP contribution in [0.25, 0.3) is 5.69 Å². The molecule has 1 unspecified atom stereocenters. The van der Waals surface area contributed by atoms with Crippen LogP contribution in [0.3, 0.4) is 0 Å². The number of hydrogen-bond donors (Lipinski definition) is 2. The van der Waals surface area contributed by atoms with Gasteiger partial charge in [0.1, 0.15) is 5.56 Å². The molecule has 2 rings (SSSR count). The molecule has 2 N–H and O–H groups in total. The molecule has 1 atom stereocenters. The average Bonchev–Trinajstić information content (AvgIpc) is 3.06. The fraction of sp³-hybridized carbons (Fsp3) is 0.353. The van der Waals surface area contributed by atoms with Crippen LogP contribution in [0.2, 0.25) is 0 Å². The van der Waals surface area contributed by atoms with Gasteiger partial charge in [-0.2, -0.15) is 18.3 Å². The Morgan fingerprint density at radius 3 is 2.44 bits per heavy atom. The quantitative estimate of drug-likeness (QED) is 0.765. The number of halogens is 3. The van der Waals surface area contributed by atoms with E-state index in [0.717, 1.165) is 0 Å². The van der Waals surface area contributed by atoms with E-state index in [4.69, 9.17) is 9.84 Å². The molecule has 1 aromatic carbocycles. The Balaban J connectivity index is 2.26. The van der Waals surface area contributed by atoms with Crippen LogP contribution < -0.4 is 5.32 Å². The van der Waals surface area contributed by atoms with E-state index in [9.17, 15) is 22.8 Å². The molecular formula is C17H18F3N3O4. The van der Waals surface area contributed by atoms with E-state index < -0.39 is 23.4 Å². The summed E-state index contributed by atoms with van der Waals surface area (Å²) in [7, 11) is 1.55. The number of rotatable bonds is 7. The SMILES string of the molecule is COCCC(C)NC(=O)c1ccc(-n2ncc(C(=O)O)c2C(F)(F)F)cc1. The molecule has 146 valence electrons. The third-order valence-corrected chi connectivity index (χ3v) is 3.77. The van der Waals surface area contributed by atoms with Crippen molar-refractivity contribution in [2.75, 3.05) is 13.7 Å². The normalized spacial score (nSPS) is 12.6. The van der Waals surface area contributed by atoms with E-state index in [1.807, 2.05) is 0 Å². The summed E-state index contributed by atoms with van der Waals surface area (Å²) >= 11 is 0. The van der Waals surface area contributed by atoms with Gasteiger partial charge in [0, 0.05) is 25.3 Å². The maximum absolute atomic E-state index is 13.2. The summed E-state index contributed by atoms with van der Waals surface area (Å²) in [6.45, 7) is 2.28. The van der Waals surface area contributed by atoms with Crippen LogP contribution in [0.5, 0.6) is 0 Å². The van der Waals surface area contributed by atoms with E-state index in [-0.39, 0.29) is 23.2 Å². The van der Waals surface area contributed by atoms with Crippen LogP contribution >= 0.6 is 0 Å². The first-order valence-corrected chi connectivity index (χ1v) is 7.94. The molecule has 0 radical (unpaired) electrons. The molecule has 0 fully saturated rings. The van der Waals surface area contributed by atoms with Gasteiger partial charge in [-0.1, -0.05) is 0 Å². The number of hydrogen-bond acceptors (Lipinski definition) is 4. The molecule has 0 spiro atoms. The van der Waals surface area contributed by atoms with Crippen LogP contribution in [-0.2, 0) is 10.9 Å². The maximum Gasteiger partial charge on any atom is 0.434 e. The van der Waals surface area contributed by atoms with Crippen LogP contribution in [0, 0.1) is 0 Å². The lowest BCUT2D eigenvalue weighted by molar-refractivity contribution is -0.143. The molecule has 0 saturated carbocycles. The molecule has 2 aromatic rings. The number of carboxylic acids is 1. The van der Waals surface area contributed by atoms with Crippen molar-refractivity contribution in [3.63, 3.8) is 0 Å². The van der Waals surface area contributed by atoms with Gasteiger partial charge in [0.05, 0.1) is 11.9 Å². The van der Waals surface area contributed by atoms with Crippen LogP contribution in [0.4, 0.5) is 13.2 Å². The topological polar surface area (TPSA) is 93.5 Å². The van der Waals surface area contributed by atoms with Gasteiger partial charge in [-0.3, -0.25) is 4.79 Å². The number of carbonyl (C=O) groups is 2. The van der Waals surface area contributed by atoms with Crippen molar-refractivity contribution in [1.29, 1.82) is 0 Å². The number of alkyl halides is 3. The highest BCUT2D eigenvalue weighted by Crippen LogP contribution is 2.33. The van der Waals surface area contributed by atoms with Crippen LogP contribution in [-0.4, -0.2) is 46.5 Å². The highest BCUT2D eigenvalue weighted by Gasteiger charge is 2.40. The second-order valence-electron chi connectivity index (χ2n) is 5.82. The second-order valence-corrected chi connectivity index (χ2v) is 5.82. The first kappa shape index (κ1) is 20.4. The molecule has 7 nitrogen and oxygen atoms in total. The molecule has 1 aromatic heterocycles. The molecule has 1 heterocycles. The molecule has 0 aliphatic heterocycles. The van der Waals surface area contributed by atoms with Crippen molar-refractivity contribution in [3.8, 4) is 5.69 Å². The fourth-order valence-electron chi connectivity index (χ4n) is 2.40. The molecule has 0 bridgehead atoms. The summed E-state index contributed by atoms with van der Waals surface area (Å²) in [6.07, 6.45) is -3.65. The second kappa shape index (κ2) is 8.21. The number of amides is 1. The Morgan fingerprint density at radius 2 is 1.93 bits per heavy atom. The number of aromatic carboxylic acids is 1. The van der Waals surface area contributed by atoms with Crippen molar-refractivity contribution >= 4 is 11.9 Å². The molecule has 0 aliphatic rings. The van der Waals surface area contributed by atoms with Gasteiger partial charge in [-0.05, 0) is 37.6 Å². The molecule has 0 aliphatic carbocycles. The number of ether oxygens (including phenoxy) is 1. The van der Waals surface area contributed by atoms with E-state index in [1.54, 1.807) is 14.0 Å². The predicted octanol–water partition coefficient (Wildman–Crippen LogP) is 2.74. The lowest BCUT2D eigenvalue weighted by Crippen LogP contribution is -2.33. The number of aromatic nitrogens is 2. The minimum Gasteiger partial charge on any atom is -0.478 e. The number of nitrogens with zero attached hydrogens (tertiary/aromatic N) is 2. The summed E-state index contributed by atoms with van der Waals surface area (Å²) in [5.41, 5.74) is -2.10. The van der Waals surface area contributed by atoms with Gasteiger partial charge in [-0.15, -0.1) is 0 Å². The number of methoxy groups -OCH3 is 1. The fourth-order valence-corrected chi connectivity index (χ4v) is 2.40. The molecular weight excluding hydrogens is 367 g/mol. The zero-order valence-electron chi connectivity index (χ0n) is 14.6. The standard InChI is InChI=1S/C17H18F3N3O4/c1-10(7-8-27-2)22-15(24)11-3-5-12(6-4-11)23-14(17(18,19)20)13(9-21-23)16(25)26/h3-6,9-10H,7-8H2,1-2H3,(H,22,24)(H,25,26). The largest absolute Gasteiger partial charge is 0.478 e. The van der Waals surface area contributed by atoms with Crippen molar-refractivity contribution in [2.45, 2.75) is 25.6 Å². The number of carboxylic acid groups (broad SMARTS) is 1. The van der Waals surface area contributed by atoms with Gasteiger partial charge in [0.15, 0.2) is 5.69 Å². The molecule has 10 heteroatoms. The van der Waals surface area contributed by atoms with E-state index in [1.165, 1.54) is 24.3 Å². The first-order valence-electron chi connectivity index (χ1n) is 7.94. The maximum atomic E-state index is 13.2. The lowest BCUT2D eigenvalue weighted by Gasteiger charge is -2.14. The lowest BCUT2D eigenvalue weighted by atomic mass is 10.1. The van der Waals surface area contributed by atoms with Gasteiger partial charge in [-0.25, -0.2) is 9.48 Å². The van der Waals surface area contributed by atoms with Crippen LogP contribution in [0.1, 0.15) is 39.8 Å². The molecule has 27 heavy (non-hydrogen) atoms. The van der Waals surface area contributed by atoms with Crippen molar-refractivity contribution in [1.82, 2.24) is 15.1 Å². The van der Waals surface area contributed by atoms with E-state index in [0.29, 0.717) is 23.9 Å². The van der Waals surface area contributed by atoms with Gasteiger partial charge in [0.25, 0.3) is 5.91 Å². The summed E-state index contributed by atoms with van der Waals surface area (Å²) in [5.74, 6) is -2.11. The number of benzene rings is 1. The molecule has 1 amide bonds. The van der Waals surface area contributed by atoms with Crippen molar-refractivity contribution < 1.29 is 32.6 Å². The minimum absolute atomic E-state index is 0.0150. The summed E-state index contributed by atoms with van der Waals surface area (Å²) in [5, 5.41) is 15.2.